The van der Waals surface area contributed by atoms with Crippen molar-refractivity contribution >= 4 is 11.8 Å². The van der Waals surface area contributed by atoms with E-state index < -0.39 is 5.82 Å². The maximum Gasteiger partial charge on any atom is 0.289 e. The maximum absolute atomic E-state index is 13.9. The number of aromatic nitrogens is 1. The van der Waals surface area contributed by atoms with Crippen LogP contribution < -0.4 is 5.32 Å². The molecule has 0 radical (unpaired) electrons. The van der Waals surface area contributed by atoms with Gasteiger partial charge in [0.05, 0.1) is 11.3 Å². The minimum absolute atomic E-state index is 0.0909. The summed E-state index contributed by atoms with van der Waals surface area (Å²) in [7, 11) is 0. The number of rotatable bonds is 6. The van der Waals surface area contributed by atoms with Gasteiger partial charge in [-0.05, 0) is 36.5 Å². The third-order valence-electron chi connectivity index (χ3n) is 5.99. The van der Waals surface area contributed by atoms with Crippen LogP contribution in [0.2, 0.25) is 0 Å². The van der Waals surface area contributed by atoms with E-state index in [1.807, 2.05) is 30.3 Å². The molecule has 1 saturated heterocycles. The summed E-state index contributed by atoms with van der Waals surface area (Å²) in [5.74, 6) is -0.640. The van der Waals surface area contributed by atoms with Gasteiger partial charge in [-0.2, -0.15) is 0 Å². The van der Waals surface area contributed by atoms with Crippen molar-refractivity contribution in [1.82, 2.24) is 15.4 Å². The van der Waals surface area contributed by atoms with Crippen LogP contribution in [0.1, 0.15) is 63.8 Å². The lowest BCUT2D eigenvalue weighted by molar-refractivity contribution is 0.0706. The van der Waals surface area contributed by atoms with Gasteiger partial charge in [0.25, 0.3) is 11.8 Å². The fraction of sp³-hybridized carbons (Fsp3) is 0.320. The second-order valence-corrected chi connectivity index (χ2v) is 8.18. The number of nitrogens with one attached hydrogen (secondary N) is 1. The number of hydrogen-bond acceptors (Lipinski definition) is 4. The number of carbonyl (C=O) groups excluding carboxylic acids is 2. The zero-order valence-corrected chi connectivity index (χ0v) is 18.0. The standard InChI is InChI=1S/C25H26FN3O3/c1-17(18-7-3-2-4-8-18)16-27-24(30)23-15-22(28-32-23)19-11-13-29(14-12-19)25(31)20-9-5-6-10-21(20)26/h2-10,15,17,19H,11-14,16H2,1H3,(H,27,30)/t17-/m1/s1. The number of carbonyl (C=O) groups is 2. The first-order chi connectivity index (χ1) is 15.5. The highest BCUT2D eigenvalue weighted by molar-refractivity contribution is 5.94. The van der Waals surface area contributed by atoms with Crippen molar-refractivity contribution < 1.29 is 18.5 Å². The molecule has 0 bridgehead atoms. The average Bonchev–Trinajstić information content (AvgIpc) is 3.33. The van der Waals surface area contributed by atoms with Crippen molar-refractivity contribution in [2.24, 2.45) is 0 Å². The molecule has 2 amide bonds. The number of piperidine rings is 1. The lowest BCUT2D eigenvalue weighted by atomic mass is 9.93. The maximum atomic E-state index is 13.9. The second-order valence-electron chi connectivity index (χ2n) is 8.18. The zero-order valence-electron chi connectivity index (χ0n) is 18.0. The third-order valence-corrected chi connectivity index (χ3v) is 5.99. The molecular weight excluding hydrogens is 409 g/mol. The molecule has 2 heterocycles. The summed E-state index contributed by atoms with van der Waals surface area (Å²) in [6, 6.07) is 17.7. The molecule has 4 rings (SSSR count). The van der Waals surface area contributed by atoms with Crippen LogP contribution in [0.15, 0.2) is 65.2 Å². The van der Waals surface area contributed by atoms with Gasteiger partial charge < -0.3 is 14.7 Å². The minimum Gasteiger partial charge on any atom is -0.351 e. The molecule has 32 heavy (non-hydrogen) atoms. The number of amides is 2. The Kier molecular flexibility index (Phi) is 6.63. The topological polar surface area (TPSA) is 75.4 Å². The third kappa shape index (κ3) is 4.88. The lowest BCUT2D eigenvalue weighted by Crippen LogP contribution is -2.38. The summed E-state index contributed by atoms with van der Waals surface area (Å²) in [5.41, 5.74) is 1.96. The smallest absolute Gasteiger partial charge is 0.289 e. The van der Waals surface area contributed by atoms with Gasteiger partial charge in [-0.25, -0.2) is 4.39 Å². The van der Waals surface area contributed by atoms with Crippen molar-refractivity contribution in [3.63, 3.8) is 0 Å². The van der Waals surface area contributed by atoms with E-state index in [1.54, 1.807) is 23.1 Å². The van der Waals surface area contributed by atoms with Gasteiger partial charge in [0.1, 0.15) is 5.82 Å². The molecule has 6 nitrogen and oxygen atoms in total. The SMILES string of the molecule is C[C@H](CNC(=O)c1cc(C2CCN(C(=O)c3ccccc3F)CC2)no1)c1ccccc1. The molecule has 1 aliphatic heterocycles. The molecule has 7 heteroatoms. The summed E-state index contributed by atoms with van der Waals surface area (Å²) < 4.78 is 19.2. The van der Waals surface area contributed by atoms with E-state index in [2.05, 4.69) is 17.4 Å². The predicted molar refractivity (Wildman–Crippen MR) is 118 cm³/mol. The van der Waals surface area contributed by atoms with E-state index in [1.165, 1.54) is 12.1 Å². The molecule has 0 spiro atoms. The molecule has 1 aromatic heterocycles. The summed E-state index contributed by atoms with van der Waals surface area (Å²) in [5, 5.41) is 6.99. The molecule has 0 aliphatic carbocycles. The van der Waals surface area contributed by atoms with E-state index >= 15 is 0 Å². The van der Waals surface area contributed by atoms with Crippen LogP contribution in [-0.4, -0.2) is 41.5 Å². The lowest BCUT2D eigenvalue weighted by Gasteiger charge is -2.31. The fourth-order valence-corrected chi connectivity index (χ4v) is 4.00. The minimum atomic E-state index is -0.506. The molecule has 0 unspecified atom stereocenters. The van der Waals surface area contributed by atoms with Gasteiger partial charge in [0, 0.05) is 31.6 Å². The van der Waals surface area contributed by atoms with Crippen LogP contribution in [0.3, 0.4) is 0 Å². The first-order valence-electron chi connectivity index (χ1n) is 10.9. The van der Waals surface area contributed by atoms with Gasteiger partial charge in [0.2, 0.25) is 5.76 Å². The molecule has 166 valence electrons. The van der Waals surface area contributed by atoms with Crippen molar-refractivity contribution in [3.8, 4) is 0 Å². The molecule has 1 atom stereocenters. The van der Waals surface area contributed by atoms with E-state index in [-0.39, 0.29) is 35.0 Å². The Labute approximate surface area is 186 Å². The highest BCUT2D eigenvalue weighted by atomic mass is 19.1. The number of nitrogens with zero attached hydrogens (tertiary/aromatic N) is 2. The Morgan fingerprint density at radius 2 is 1.81 bits per heavy atom. The van der Waals surface area contributed by atoms with Gasteiger partial charge in [-0.15, -0.1) is 0 Å². The molecule has 3 aromatic rings. The van der Waals surface area contributed by atoms with Crippen LogP contribution in [0.5, 0.6) is 0 Å². The van der Waals surface area contributed by atoms with Crippen molar-refractivity contribution in [1.29, 1.82) is 0 Å². The van der Waals surface area contributed by atoms with Crippen LogP contribution in [-0.2, 0) is 0 Å². The first kappa shape index (κ1) is 21.7. The normalized spacial score (nSPS) is 15.4. The average molecular weight is 435 g/mol. The first-order valence-corrected chi connectivity index (χ1v) is 10.9. The van der Waals surface area contributed by atoms with Gasteiger partial charge in [0.15, 0.2) is 0 Å². The van der Waals surface area contributed by atoms with Crippen LogP contribution in [0.25, 0.3) is 0 Å². The van der Waals surface area contributed by atoms with Crippen molar-refractivity contribution in [3.05, 3.63) is 89.1 Å². The van der Waals surface area contributed by atoms with E-state index in [9.17, 15) is 14.0 Å². The Morgan fingerprint density at radius 1 is 1.12 bits per heavy atom. The highest BCUT2D eigenvalue weighted by Crippen LogP contribution is 2.28. The zero-order chi connectivity index (χ0) is 22.5. The van der Waals surface area contributed by atoms with E-state index in [4.69, 9.17) is 4.52 Å². The van der Waals surface area contributed by atoms with Crippen LogP contribution >= 0.6 is 0 Å². The van der Waals surface area contributed by atoms with Crippen LogP contribution in [0.4, 0.5) is 4.39 Å². The largest absolute Gasteiger partial charge is 0.351 e. The number of halogens is 1. The van der Waals surface area contributed by atoms with E-state index in [0.717, 1.165) is 5.56 Å². The fourth-order valence-electron chi connectivity index (χ4n) is 4.00. The monoisotopic (exact) mass is 435 g/mol. The van der Waals surface area contributed by atoms with Crippen molar-refractivity contribution in [2.75, 3.05) is 19.6 Å². The molecule has 2 aromatic carbocycles. The number of hydrogen-bond donors (Lipinski definition) is 1. The number of benzene rings is 2. The van der Waals surface area contributed by atoms with Crippen molar-refractivity contribution in [2.45, 2.75) is 31.6 Å². The molecule has 1 aliphatic rings. The van der Waals surface area contributed by atoms with Gasteiger partial charge in [-0.3, -0.25) is 9.59 Å². The molecule has 1 fully saturated rings. The quantitative estimate of drug-likeness (QED) is 0.624. The molecule has 1 N–H and O–H groups in total. The second kappa shape index (κ2) is 9.77. The Hall–Kier alpha value is -3.48. The Bertz CT molecular complexity index is 1070. The van der Waals surface area contributed by atoms with Gasteiger partial charge in [-0.1, -0.05) is 54.5 Å². The Balaban J connectivity index is 1.30. The summed E-state index contributed by atoms with van der Waals surface area (Å²) in [4.78, 5) is 26.7. The van der Waals surface area contributed by atoms with E-state index in [0.29, 0.717) is 38.2 Å². The predicted octanol–water partition coefficient (Wildman–Crippen LogP) is 4.37. The molecule has 0 saturated carbocycles. The summed E-state index contributed by atoms with van der Waals surface area (Å²) >= 11 is 0. The van der Waals surface area contributed by atoms with Crippen LogP contribution in [0, 0.1) is 5.82 Å². The summed E-state index contributed by atoms with van der Waals surface area (Å²) in [6.07, 6.45) is 1.36. The highest BCUT2D eigenvalue weighted by Gasteiger charge is 2.28. The van der Waals surface area contributed by atoms with Gasteiger partial charge >= 0.3 is 0 Å². The summed E-state index contributed by atoms with van der Waals surface area (Å²) in [6.45, 7) is 3.55. The number of likely N-dealkylation sites (tertiary alicyclic amines) is 1. The Morgan fingerprint density at radius 3 is 2.53 bits per heavy atom. The molecular formula is C25H26FN3O3.